The third-order valence-corrected chi connectivity index (χ3v) is 3.11. The summed E-state index contributed by atoms with van der Waals surface area (Å²) in [6, 6.07) is 2.95. The molecule has 0 aromatic heterocycles. The number of hydrogen-bond acceptors (Lipinski definition) is 0. The number of halogens is 4. The van der Waals surface area contributed by atoms with Gasteiger partial charge in [-0.25, -0.2) is 8.78 Å². The Morgan fingerprint density at radius 2 is 2.00 bits per heavy atom. The van der Waals surface area contributed by atoms with Crippen LogP contribution in [0, 0.1) is 6.92 Å². The molecule has 66 valence electrons. The van der Waals surface area contributed by atoms with Gasteiger partial charge in [-0.05, 0) is 28.4 Å². The van der Waals surface area contributed by atoms with Crippen LogP contribution in [0.25, 0.3) is 0 Å². The highest BCUT2D eigenvalue weighted by Gasteiger charge is 2.14. The van der Waals surface area contributed by atoms with Gasteiger partial charge in [-0.2, -0.15) is 0 Å². The Morgan fingerprint density at radius 1 is 1.42 bits per heavy atom. The summed E-state index contributed by atoms with van der Waals surface area (Å²) in [5.41, 5.74) is 0.721. The van der Waals surface area contributed by atoms with Crippen LogP contribution in [0.2, 0.25) is 5.02 Å². The molecule has 0 nitrogen and oxygen atoms in total. The average molecular weight is 255 g/mol. The van der Waals surface area contributed by atoms with Crippen LogP contribution in [0.4, 0.5) is 8.78 Å². The summed E-state index contributed by atoms with van der Waals surface area (Å²) in [7, 11) is 0. The van der Waals surface area contributed by atoms with Gasteiger partial charge >= 0.3 is 0 Å². The van der Waals surface area contributed by atoms with Crippen LogP contribution < -0.4 is 0 Å². The fourth-order valence-corrected chi connectivity index (χ4v) is 1.62. The first kappa shape index (κ1) is 9.93. The van der Waals surface area contributed by atoms with E-state index in [2.05, 4.69) is 15.9 Å². The van der Waals surface area contributed by atoms with Crippen LogP contribution in [-0.2, 0) is 0 Å². The molecule has 0 N–H and O–H groups in total. The van der Waals surface area contributed by atoms with Crippen LogP contribution in [0.1, 0.15) is 17.6 Å². The highest BCUT2D eigenvalue weighted by atomic mass is 79.9. The van der Waals surface area contributed by atoms with E-state index in [0.717, 1.165) is 5.56 Å². The van der Waals surface area contributed by atoms with E-state index < -0.39 is 6.43 Å². The maximum absolute atomic E-state index is 12.3. The van der Waals surface area contributed by atoms with Crippen LogP contribution in [0.15, 0.2) is 16.6 Å². The maximum Gasteiger partial charge on any atom is 0.264 e. The van der Waals surface area contributed by atoms with Crippen molar-refractivity contribution in [3.8, 4) is 0 Å². The average Bonchev–Trinajstić information content (AvgIpc) is 2.00. The second-order valence-electron chi connectivity index (χ2n) is 2.40. The van der Waals surface area contributed by atoms with Crippen molar-refractivity contribution in [1.82, 2.24) is 0 Å². The summed E-state index contributed by atoms with van der Waals surface area (Å²) in [4.78, 5) is 0. The van der Waals surface area contributed by atoms with E-state index in [-0.39, 0.29) is 5.56 Å². The quantitative estimate of drug-likeness (QED) is 0.700. The van der Waals surface area contributed by atoms with Crippen molar-refractivity contribution in [3.05, 3.63) is 32.8 Å². The summed E-state index contributed by atoms with van der Waals surface area (Å²) in [6.45, 7) is 1.77. The van der Waals surface area contributed by atoms with Gasteiger partial charge in [0.1, 0.15) is 0 Å². The minimum atomic E-state index is -2.49. The molecule has 0 heterocycles. The second-order valence-corrected chi connectivity index (χ2v) is 3.57. The Bertz CT molecular complexity index is 299. The summed E-state index contributed by atoms with van der Waals surface area (Å²) >= 11 is 8.77. The molecule has 12 heavy (non-hydrogen) atoms. The van der Waals surface area contributed by atoms with E-state index in [4.69, 9.17) is 11.6 Å². The van der Waals surface area contributed by atoms with Crippen LogP contribution in [-0.4, -0.2) is 0 Å². The molecule has 0 unspecified atom stereocenters. The smallest absolute Gasteiger partial charge is 0.205 e. The van der Waals surface area contributed by atoms with Crippen molar-refractivity contribution < 1.29 is 8.78 Å². The first-order valence-corrected chi connectivity index (χ1v) is 4.43. The van der Waals surface area contributed by atoms with Crippen molar-refractivity contribution in [2.24, 2.45) is 0 Å². The highest BCUT2D eigenvalue weighted by molar-refractivity contribution is 9.10. The predicted molar refractivity (Wildman–Crippen MR) is 48.8 cm³/mol. The van der Waals surface area contributed by atoms with Gasteiger partial charge in [-0.1, -0.05) is 23.7 Å². The zero-order chi connectivity index (χ0) is 9.30. The first-order chi connectivity index (χ1) is 5.54. The molecular formula is C8H6BrClF2. The van der Waals surface area contributed by atoms with Crippen LogP contribution in [0.3, 0.4) is 0 Å². The first-order valence-electron chi connectivity index (χ1n) is 3.26. The molecule has 0 aliphatic carbocycles. The lowest BCUT2D eigenvalue weighted by molar-refractivity contribution is 0.150. The van der Waals surface area contributed by atoms with Crippen molar-refractivity contribution in [2.75, 3.05) is 0 Å². The molecule has 0 bridgehead atoms. The fourth-order valence-electron chi connectivity index (χ4n) is 0.829. The lowest BCUT2D eigenvalue weighted by Crippen LogP contribution is -1.88. The number of hydrogen-bond donors (Lipinski definition) is 0. The van der Waals surface area contributed by atoms with E-state index in [1.165, 1.54) is 6.07 Å². The molecule has 1 aromatic carbocycles. The zero-order valence-electron chi connectivity index (χ0n) is 6.24. The minimum absolute atomic E-state index is 0.0643. The van der Waals surface area contributed by atoms with E-state index in [1.54, 1.807) is 13.0 Å². The van der Waals surface area contributed by atoms with Gasteiger partial charge in [0.05, 0.1) is 5.02 Å². The normalized spacial score (nSPS) is 10.8. The Kier molecular flexibility index (Phi) is 3.07. The van der Waals surface area contributed by atoms with Gasteiger partial charge < -0.3 is 0 Å². The van der Waals surface area contributed by atoms with Crippen molar-refractivity contribution in [2.45, 2.75) is 13.3 Å². The number of benzene rings is 1. The predicted octanol–water partition coefficient (Wildman–Crippen LogP) is 4.35. The largest absolute Gasteiger partial charge is 0.264 e. The van der Waals surface area contributed by atoms with Gasteiger partial charge in [0.15, 0.2) is 0 Å². The van der Waals surface area contributed by atoms with Gasteiger partial charge in [-0.3, -0.25) is 0 Å². The van der Waals surface area contributed by atoms with E-state index in [1.807, 2.05) is 0 Å². The summed E-state index contributed by atoms with van der Waals surface area (Å²) < 4.78 is 24.8. The topological polar surface area (TPSA) is 0 Å². The monoisotopic (exact) mass is 254 g/mol. The summed E-state index contributed by atoms with van der Waals surface area (Å²) in [6.07, 6.45) is -2.49. The van der Waals surface area contributed by atoms with Gasteiger partial charge in [-0.15, -0.1) is 0 Å². The molecular weight excluding hydrogens is 249 g/mol. The molecule has 0 amide bonds. The minimum Gasteiger partial charge on any atom is -0.205 e. The van der Waals surface area contributed by atoms with Crippen molar-refractivity contribution in [1.29, 1.82) is 0 Å². The molecule has 0 radical (unpaired) electrons. The third-order valence-electron chi connectivity index (χ3n) is 1.54. The molecule has 0 fully saturated rings. The lowest BCUT2D eigenvalue weighted by atomic mass is 10.1. The molecule has 0 spiro atoms. The molecule has 0 saturated carbocycles. The van der Waals surface area contributed by atoms with Gasteiger partial charge in [0.2, 0.25) is 0 Å². The molecule has 0 saturated heterocycles. The van der Waals surface area contributed by atoms with Crippen LogP contribution in [0.5, 0.6) is 0 Å². The lowest BCUT2D eigenvalue weighted by Gasteiger charge is -2.06. The number of aryl methyl sites for hydroxylation is 1. The summed E-state index contributed by atoms with van der Waals surface area (Å²) in [5, 5.41) is 0.354. The van der Waals surface area contributed by atoms with Crippen LogP contribution >= 0.6 is 27.5 Å². The Hall–Kier alpha value is -0.150. The Labute approximate surface area is 82.7 Å². The Balaban J connectivity index is 3.27. The van der Waals surface area contributed by atoms with Crippen molar-refractivity contribution in [3.63, 3.8) is 0 Å². The highest BCUT2D eigenvalue weighted by Crippen LogP contribution is 2.34. The molecule has 0 aliphatic rings. The molecule has 0 atom stereocenters. The molecule has 4 heteroatoms. The molecule has 1 aromatic rings. The second kappa shape index (κ2) is 3.71. The van der Waals surface area contributed by atoms with Gasteiger partial charge in [0, 0.05) is 10.0 Å². The van der Waals surface area contributed by atoms with E-state index in [9.17, 15) is 8.78 Å². The van der Waals surface area contributed by atoms with Crippen molar-refractivity contribution >= 4 is 27.5 Å². The number of rotatable bonds is 1. The molecule has 1 rings (SSSR count). The maximum atomic E-state index is 12.3. The number of alkyl halides is 2. The molecule has 0 aliphatic heterocycles. The zero-order valence-corrected chi connectivity index (χ0v) is 8.59. The summed E-state index contributed by atoms with van der Waals surface area (Å²) in [5.74, 6) is 0. The third kappa shape index (κ3) is 1.77. The standard InChI is InChI=1S/C8H6BrClF2/c1-4-2-3-5(8(11)12)6(9)7(4)10/h2-3,8H,1H3. The van der Waals surface area contributed by atoms with Gasteiger partial charge in [0.25, 0.3) is 6.43 Å². The fraction of sp³-hybridized carbons (Fsp3) is 0.250. The van der Waals surface area contributed by atoms with E-state index in [0.29, 0.717) is 9.50 Å². The van der Waals surface area contributed by atoms with E-state index >= 15 is 0 Å². The Morgan fingerprint density at radius 3 is 2.50 bits per heavy atom. The SMILES string of the molecule is Cc1ccc(C(F)F)c(Br)c1Cl.